The molecule has 0 spiro atoms. The first-order valence-corrected chi connectivity index (χ1v) is 6.46. The zero-order chi connectivity index (χ0) is 12.7. The highest BCUT2D eigenvalue weighted by Gasteiger charge is 2.16. The number of halogens is 1. The van der Waals surface area contributed by atoms with E-state index < -0.39 is 6.10 Å². The SMILES string of the molecule is CCn1ncc(Br)c1C(O)CCOCCOC. The molecule has 1 aromatic rings. The monoisotopic (exact) mass is 306 g/mol. The molecule has 1 aromatic heterocycles. The molecule has 1 heterocycles. The van der Waals surface area contributed by atoms with E-state index in [0.29, 0.717) is 26.2 Å². The van der Waals surface area contributed by atoms with Gasteiger partial charge in [0.2, 0.25) is 0 Å². The number of aryl methyl sites for hydroxylation is 1. The third-order valence-corrected chi connectivity index (χ3v) is 3.03. The maximum Gasteiger partial charge on any atom is 0.0990 e. The molecule has 0 saturated carbocycles. The van der Waals surface area contributed by atoms with Gasteiger partial charge in [-0.05, 0) is 22.9 Å². The van der Waals surface area contributed by atoms with Crippen molar-refractivity contribution in [2.24, 2.45) is 0 Å². The molecule has 0 fully saturated rings. The summed E-state index contributed by atoms with van der Waals surface area (Å²) < 4.78 is 12.8. The molecular formula is C11H19BrN2O3. The fourth-order valence-electron chi connectivity index (χ4n) is 1.53. The predicted octanol–water partition coefficient (Wildman–Crippen LogP) is 1.75. The Labute approximate surface area is 110 Å². The van der Waals surface area contributed by atoms with Crippen LogP contribution in [0.3, 0.4) is 0 Å². The minimum absolute atomic E-state index is 0.506. The van der Waals surface area contributed by atoms with Crippen molar-refractivity contribution in [2.45, 2.75) is 26.0 Å². The van der Waals surface area contributed by atoms with E-state index >= 15 is 0 Å². The second kappa shape index (κ2) is 7.81. The molecule has 6 heteroatoms. The third kappa shape index (κ3) is 4.39. The third-order valence-electron chi connectivity index (χ3n) is 2.42. The van der Waals surface area contributed by atoms with Gasteiger partial charge in [0.15, 0.2) is 0 Å². The van der Waals surface area contributed by atoms with E-state index in [0.717, 1.165) is 16.7 Å². The van der Waals surface area contributed by atoms with Gasteiger partial charge in [-0.2, -0.15) is 5.10 Å². The van der Waals surface area contributed by atoms with E-state index in [1.165, 1.54) is 0 Å². The normalized spacial score (nSPS) is 12.9. The topological polar surface area (TPSA) is 56.5 Å². The second-order valence-corrected chi connectivity index (χ2v) is 4.46. The molecule has 1 unspecified atom stereocenters. The molecule has 0 radical (unpaired) electrons. The van der Waals surface area contributed by atoms with Crippen LogP contribution in [0.15, 0.2) is 10.7 Å². The summed E-state index contributed by atoms with van der Waals surface area (Å²) in [4.78, 5) is 0. The van der Waals surface area contributed by atoms with Crippen molar-refractivity contribution in [1.29, 1.82) is 0 Å². The molecule has 0 saturated heterocycles. The van der Waals surface area contributed by atoms with Crippen molar-refractivity contribution in [3.05, 3.63) is 16.4 Å². The summed E-state index contributed by atoms with van der Waals surface area (Å²) in [6.07, 6.45) is 1.69. The highest BCUT2D eigenvalue weighted by atomic mass is 79.9. The Kier molecular flexibility index (Phi) is 6.72. The van der Waals surface area contributed by atoms with Crippen LogP contribution in [-0.2, 0) is 16.0 Å². The van der Waals surface area contributed by atoms with Gasteiger partial charge in [-0.15, -0.1) is 0 Å². The van der Waals surface area contributed by atoms with Crippen molar-refractivity contribution in [1.82, 2.24) is 9.78 Å². The number of hydrogen-bond donors (Lipinski definition) is 1. The molecule has 1 rings (SSSR count). The average molecular weight is 307 g/mol. The van der Waals surface area contributed by atoms with Crippen molar-refractivity contribution in [3.63, 3.8) is 0 Å². The van der Waals surface area contributed by atoms with E-state index in [1.807, 2.05) is 6.92 Å². The van der Waals surface area contributed by atoms with Crippen LogP contribution in [0.4, 0.5) is 0 Å². The fraction of sp³-hybridized carbons (Fsp3) is 0.727. The van der Waals surface area contributed by atoms with Crippen LogP contribution < -0.4 is 0 Å². The lowest BCUT2D eigenvalue weighted by atomic mass is 10.2. The smallest absolute Gasteiger partial charge is 0.0990 e. The standard InChI is InChI=1S/C11H19BrN2O3/c1-3-14-11(9(12)8-13-14)10(15)4-5-17-7-6-16-2/h8,10,15H,3-7H2,1-2H3. The lowest BCUT2D eigenvalue weighted by Crippen LogP contribution is -2.12. The number of ether oxygens (including phenoxy) is 2. The van der Waals surface area contributed by atoms with Crippen molar-refractivity contribution in [3.8, 4) is 0 Å². The second-order valence-electron chi connectivity index (χ2n) is 3.60. The number of aromatic nitrogens is 2. The summed E-state index contributed by atoms with van der Waals surface area (Å²) in [6.45, 7) is 4.36. The van der Waals surface area contributed by atoms with Crippen molar-refractivity contribution >= 4 is 15.9 Å². The fourth-order valence-corrected chi connectivity index (χ4v) is 2.09. The van der Waals surface area contributed by atoms with Crippen LogP contribution in [0.1, 0.15) is 25.1 Å². The van der Waals surface area contributed by atoms with Gasteiger partial charge < -0.3 is 14.6 Å². The summed E-state index contributed by atoms with van der Waals surface area (Å²) in [5, 5.41) is 14.2. The molecule has 1 N–H and O–H groups in total. The van der Waals surface area contributed by atoms with Crippen LogP contribution >= 0.6 is 15.9 Å². The number of aliphatic hydroxyl groups excluding tert-OH is 1. The van der Waals surface area contributed by atoms with Gasteiger partial charge in [0.1, 0.15) is 0 Å². The Morgan fingerprint density at radius 3 is 2.88 bits per heavy atom. The van der Waals surface area contributed by atoms with Crippen molar-refractivity contribution in [2.75, 3.05) is 26.9 Å². The maximum absolute atomic E-state index is 10.1. The number of hydrogen-bond acceptors (Lipinski definition) is 4. The van der Waals surface area contributed by atoms with E-state index in [4.69, 9.17) is 9.47 Å². The van der Waals surface area contributed by atoms with Crippen LogP contribution in [0, 0.1) is 0 Å². The van der Waals surface area contributed by atoms with Crippen LogP contribution in [0.25, 0.3) is 0 Å². The van der Waals surface area contributed by atoms with Gasteiger partial charge in [0.05, 0.1) is 35.7 Å². The number of nitrogens with zero attached hydrogens (tertiary/aromatic N) is 2. The molecule has 0 aromatic carbocycles. The van der Waals surface area contributed by atoms with Gasteiger partial charge >= 0.3 is 0 Å². The highest BCUT2D eigenvalue weighted by molar-refractivity contribution is 9.10. The summed E-state index contributed by atoms with van der Waals surface area (Å²) in [5.74, 6) is 0. The Morgan fingerprint density at radius 2 is 2.24 bits per heavy atom. The zero-order valence-corrected chi connectivity index (χ0v) is 11.8. The molecule has 0 bridgehead atoms. The van der Waals surface area contributed by atoms with Gasteiger partial charge in [0, 0.05) is 26.7 Å². The number of rotatable bonds is 8. The molecule has 98 valence electrons. The van der Waals surface area contributed by atoms with Crippen LogP contribution in [-0.4, -0.2) is 41.8 Å². The first-order valence-electron chi connectivity index (χ1n) is 5.66. The van der Waals surface area contributed by atoms with E-state index in [1.54, 1.807) is 18.0 Å². The van der Waals surface area contributed by atoms with Gasteiger partial charge in [-0.1, -0.05) is 0 Å². The van der Waals surface area contributed by atoms with Crippen molar-refractivity contribution < 1.29 is 14.6 Å². The van der Waals surface area contributed by atoms with Crippen LogP contribution in [0.5, 0.6) is 0 Å². The summed E-state index contributed by atoms with van der Waals surface area (Å²) in [7, 11) is 1.63. The number of methoxy groups -OCH3 is 1. The van der Waals surface area contributed by atoms with E-state index in [2.05, 4.69) is 21.0 Å². The molecule has 5 nitrogen and oxygen atoms in total. The Balaban J connectivity index is 2.40. The average Bonchev–Trinajstić information content (AvgIpc) is 2.70. The first kappa shape index (κ1) is 14.6. The van der Waals surface area contributed by atoms with Crippen LogP contribution in [0.2, 0.25) is 0 Å². The first-order chi connectivity index (χ1) is 8.20. The summed E-state index contributed by atoms with van der Waals surface area (Å²) in [5.41, 5.74) is 0.808. The predicted molar refractivity (Wildman–Crippen MR) is 67.9 cm³/mol. The summed E-state index contributed by atoms with van der Waals surface area (Å²) >= 11 is 3.39. The Hall–Kier alpha value is -0.430. The van der Waals surface area contributed by atoms with E-state index in [-0.39, 0.29) is 0 Å². The highest BCUT2D eigenvalue weighted by Crippen LogP contribution is 2.25. The number of aliphatic hydroxyl groups is 1. The quantitative estimate of drug-likeness (QED) is 0.744. The minimum atomic E-state index is -0.561. The molecular weight excluding hydrogens is 288 g/mol. The molecule has 0 aliphatic heterocycles. The Morgan fingerprint density at radius 1 is 1.47 bits per heavy atom. The lowest BCUT2D eigenvalue weighted by molar-refractivity contribution is 0.0455. The molecule has 0 aliphatic rings. The van der Waals surface area contributed by atoms with Gasteiger partial charge in [-0.3, -0.25) is 4.68 Å². The summed E-state index contributed by atoms with van der Waals surface area (Å²) in [6, 6.07) is 0. The minimum Gasteiger partial charge on any atom is -0.387 e. The van der Waals surface area contributed by atoms with E-state index in [9.17, 15) is 5.11 Å². The molecule has 0 aliphatic carbocycles. The largest absolute Gasteiger partial charge is 0.387 e. The van der Waals surface area contributed by atoms with Gasteiger partial charge in [0.25, 0.3) is 0 Å². The maximum atomic E-state index is 10.1. The lowest BCUT2D eigenvalue weighted by Gasteiger charge is -2.13. The molecule has 0 amide bonds. The zero-order valence-electron chi connectivity index (χ0n) is 10.2. The van der Waals surface area contributed by atoms with Gasteiger partial charge in [-0.25, -0.2) is 0 Å². The molecule has 1 atom stereocenters. The molecule has 17 heavy (non-hydrogen) atoms. The Bertz CT molecular complexity index is 331.